The molecule has 0 rings (SSSR count). The van der Waals surface area contributed by atoms with Crippen LogP contribution in [0.2, 0.25) is 0 Å². The van der Waals surface area contributed by atoms with Crippen molar-refractivity contribution in [3.8, 4) is 0 Å². The monoisotopic (exact) mass is 144 g/mol. The maximum absolute atomic E-state index is 10.5. The van der Waals surface area contributed by atoms with E-state index in [-0.39, 0.29) is 18.5 Å². The molecule has 4 nitrogen and oxygen atoms in total. The van der Waals surface area contributed by atoms with Gasteiger partial charge in [0.05, 0.1) is 12.9 Å². The van der Waals surface area contributed by atoms with E-state index in [1.165, 1.54) is 0 Å². The predicted molar refractivity (Wildman–Crippen MR) is 33.4 cm³/mol. The Morgan fingerprint density at radius 2 is 2.30 bits per heavy atom. The fraction of sp³-hybridized carbons (Fsp3) is 0.333. The van der Waals surface area contributed by atoms with Crippen LogP contribution in [0.5, 0.6) is 0 Å². The molecule has 0 saturated carbocycles. The van der Waals surface area contributed by atoms with Crippen LogP contribution in [0.15, 0.2) is 11.8 Å². The summed E-state index contributed by atoms with van der Waals surface area (Å²) < 4.78 is 4.39. The first kappa shape index (κ1) is 8.68. The minimum absolute atomic E-state index is 0.185. The van der Waals surface area contributed by atoms with Crippen molar-refractivity contribution in [1.82, 2.24) is 0 Å². The molecule has 1 N–H and O–H groups in total. The van der Waals surface area contributed by atoms with Crippen molar-refractivity contribution in [3.63, 3.8) is 0 Å². The normalized spacial score (nSPS) is 10.7. The van der Waals surface area contributed by atoms with E-state index in [1.807, 2.05) is 0 Å². The van der Waals surface area contributed by atoms with Gasteiger partial charge in [-0.3, -0.25) is 4.79 Å². The van der Waals surface area contributed by atoms with Crippen LogP contribution < -0.4 is 0 Å². The molecule has 10 heavy (non-hydrogen) atoms. The SMILES string of the molecule is CCOC(=O)C(C=O)=CO. The third-order valence-electron chi connectivity index (χ3n) is 0.777. The van der Waals surface area contributed by atoms with Gasteiger partial charge in [0.1, 0.15) is 5.57 Å². The fourth-order valence-electron chi connectivity index (χ4n) is 0.346. The number of ether oxygens (including phenoxy) is 1. The molecule has 0 unspecified atom stereocenters. The summed E-state index contributed by atoms with van der Waals surface area (Å²) in [6.07, 6.45) is 0.656. The van der Waals surface area contributed by atoms with Crippen LogP contribution in [-0.4, -0.2) is 24.0 Å². The Morgan fingerprint density at radius 1 is 1.70 bits per heavy atom. The van der Waals surface area contributed by atoms with Crippen LogP contribution in [-0.2, 0) is 14.3 Å². The Balaban J connectivity index is 4.04. The summed E-state index contributed by atoms with van der Waals surface area (Å²) in [6, 6.07) is 0. The second-order valence-electron chi connectivity index (χ2n) is 1.42. The van der Waals surface area contributed by atoms with Crippen LogP contribution in [0, 0.1) is 0 Å². The molecule has 56 valence electrons. The molecule has 0 amide bonds. The van der Waals surface area contributed by atoms with Crippen molar-refractivity contribution < 1.29 is 19.4 Å². The van der Waals surface area contributed by atoms with Gasteiger partial charge in [-0.25, -0.2) is 4.79 Å². The van der Waals surface area contributed by atoms with Crippen molar-refractivity contribution in [2.75, 3.05) is 6.61 Å². The van der Waals surface area contributed by atoms with Crippen LogP contribution in [0.3, 0.4) is 0 Å². The highest BCUT2D eigenvalue weighted by Crippen LogP contribution is 1.91. The second kappa shape index (κ2) is 4.55. The number of hydrogen-bond donors (Lipinski definition) is 1. The van der Waals surface area contributed by atoms with Gasteiger partial charge in [-0.2, -0.15) is 0 Å². The molecule has 0 aromatic rings. The molecule has 0 fully saturated rings. The summed E-state index contributed by atoms with van der Waals surface area (Å²) in [6.45, 7) is 1.79. The van der Waals surface area contributed by atoms with E-state index in [0.717, 1.165) is 0 Å². The number of carbonyl (C=O) groups excluding carboxylic acids is 2. The number of aldehydes is 1. The third kappa shape index (κ3) is 2.30. The van der Waals surface area contributed by atoms with Gasteiger partial charge in [-0.05, 0) is 6.92 Å². The lowest BCUT2D eigenvalue weighted by atomic mass is 10.3. The molecule has 0 aromatic heterocycles. The molecule has 0 spiro atoms. The van der Waals surface area contributed by atoms with Crippen LogP contribution >= 0.6 is 0 Å². The number of carbonyl (C=O) groups is 2. The van der Waals surface area contributed by atoms with E-state index in [1.54, 1.807) is 6.92 Å². The molecule has 0 atom stereocenters. The van der Waals surface area contributed by atoms with E-state index >= 15 is 0 Å². The molecule has 0 aliphatic rings. The molecule has 0 saturated heterocycles. The number of aliphatic hydroxyl groups excluding tert-OH is 1. The summed E-state index contributed by atoms with van der Waals surface area (Å²) in [7, 11) is 0. The van der Waals surface area contributed by atoms with Gasteiger partial charge in [0.15, 0.2) is 6.29 Å². The molecule has 0 aliphatic heterocycles. The van der Waals surface area contributed by atoms with E-state index in [2.05, 4.69) is 4.74 Å². The quantitative estimate of drug-likeness (QED) is 0.153. The molecule has 0 heterocycles. The minimum atomic E-state index is -0.806. The van der Waals surface area contributed by atoms with Gasteiger partial charge in [0, 0.05) is 0 Å². The Hall–Kier alpha value is -1.32. The zero-order valence-electron chi connectivity index (χ0n) is 5.53. The van der Waals surface area contributed by atoms with E-state index in [0.29, 0.717) is 6.26 Å². The second-order valence-corrected chi connectivity index (χ2v) is 1.42. The van der Waals surface area contributed by atoms with Gasteiger partial charge in [0.2, 0.25) is 0 Å². The molecule has 0 aliphatic carbocycles. The summed E-state index contributed by atoms with van der Waals surface area (Å²) in [5, 5.41) is 8.23. The van der Waals surface area contributed by atoms with E-state index in [4.69, 9.17) is 5.11 Å². The average Bonchev–Trinajstić information content (AvgIpc) is 1.91. The van der Waals surface area contributed by atoms with Crippen molar-refractivity contribution in [3.05, 3.63) is 11.8 Å². The topological polar surface area (TPSA) is 63.6 Å². The largest absolute Gasteiger partial charge is 0.515 e. The first-order chi connectivity index (χ1) is 4.76. The lowest BCUT2D eigenvalue weighted by molar-refractivity contribution is -0.139. The predicted octanol–water partition coefficient (Wildman–Crippen LogP) is 0.190. The Labute approximate surface area is 58.1 Å². The number of hydrogen-bond acceptors (Lipinski definition) is 4. The lowest BCUT2D eigenvalue weighted by Gasteiger charge is -1.96. The van der Waals surface area contributed by atoms with Gasteiger partial charge in [0.25, 0.3) is 0 Å². The van der Waals surface area contributed by atoms with Crippen LogP contribution in [0.1, 0.15) is 6.92 Å². The van der Waals surface area contributed by atoms with Gasteiger partial charge in [-0.1, -0.05) is 0 Å². The molecule has 4 heteroatoms. The Bertz CT molecular complexity index is 159. The van der Waals surface area contributed by atoms with Crippen LogP contribution in [0.25, 0.3) is 0 Å². The average molecular weight is 144 g/mol. The highest BCUT2D eigenvalue weighted by molar-refractivity contribution is 6.07. The third-order valence-corrected chi connectivity index (χ3v) is 0.777. The summed E-state index contributed by atoms with van der Waals surface area (Å²) >= 11 is 0. The molecular formula is C6H8O4. The highest BCUT2D eigenvalue weighted by Gasteiger charge is 2.07. The smallest absolute Gasteiger partial charge is 0.344 e. The van der Waals surface area contributed by atoms with E-state index in [9.17, 15) is 9.59 Å². The summed E-state index contributed by atoms with van der Waals surface area (Å²) in [4.78, 5) is 20.4. The molecule has 0 bridgehead atoms. The summed E-state index contributed by atoms with van der Waals surface area (Å²) in [5.41, 5.74) is -0.373. The minimum Gasteiger partial charge on any atom is -0.515 e. The van der Waals surface area contributed by atoms with E-state index < -0.39 is 5.97 Å². The van der Waals surface area contributed by atoms with Crippen LogP contribution in [0.4, 0.5) is 0 Å². The standard InChI is InChI=1S/C6H8O4/c1-2-10-6(9)5(3-7)4-8/h3-4,7H,2H2,1H3. The fourth-order valence-corrected chi connectivity index (χ4v) is 0.346. The maximum atomic E-state index is 10.5. The van der Waals surface area contributed by atoms with Gasteiger partial charge < -0.3 is 9.84 Å². The number of aliphatic hydroxyl groups is 1. The lowest BCUT2D eigenvalue weighted by Crippen LogP contribution is -2.08. The highest BCUT2D eigenvalue weighted by atomic mass is 16.5. The van der Waals surface area contributed by atoms with Gasteiger partial charge >= 0.3 is 5.97 Å². The first-order valence-corrected chi connectivity index (χ1v) is 2.73. The van der Waals surface area contributed by atoms with Crippen molar-refractivity contribution >= 4 is 12.3 Å². The zero-order valence-corrected chi connectivity index (χ0v) is 5.53. The number of esters is 1. The van der Waals surface area contributed by atoms with Crippen molar-refractivity contribution in [2.45, 2.75) is 6.92 Å². The Kier molecular flexibility index (Phi) is 3.95. The maximum Gasteiger partial charge on any atom is 0.344 e. The van der Waals surface area contributed by atoms with Gasteiger partial charge in [-0.15, -0.1) is 0 Å². The first-order valence-electron chi connectivity index (χ1n) is 2.73. The Morgan fingerprint density at radius 3 is 2.60 bits per heavy atom. The molecular weight excluding hydrogens is 136 g/mol. The van der Waals surface area contributed by atoms with Crippen molar-refractivity contribution in [1.29, 1.82) is 0 Å². The molecule has 0 radical (unpaired) electrons. The zero-order chi connectivity index (χ0) is 7.98. The number of rotatable bonds is 3. The van der Waals surface area contributed by atoms with Crippen molar-refractivity contribution in [2.24, 2.45) is 0 Å². The summed E-state index contributed by atoms with van der Waals surface area (Å²) in [5.74, 6) is -0.806. The molecule has 0 aromatic carbocycles.